The molecule has 0 bridgehead atoms. The Balaban J connectivity index is 0.000000615. The normalized spacial score (nSPS) is 9.48. The largest absolute Gasteiger partial charge is 0.250 e. The van der Waals surface area contributed by atoms with E-state index < -0.39 is 0 Å². The molecule has 0 saturated heterocycles. The first-order valence-electron chi connectivity index (χ1n) is 8.51. The molecule has 1 heterocycles. The van der Waals surface area contributed by atoms with Crippen molar-refractivity contribution >= 4 is 11.0 Å². The first-order valence-corrected chi connectivity index (χ1v) is 8.51. The van der Waals surface area contributed by atoms with Crippen LogP contribution in [-0.4, -0.2) is 9.97 Å². The van der Waals surface area contributed by atoms with E-state index in [-0.39, 0.29) is 0 Å². The Morgan fingerprint density at radius 1 is 0.696 bits per heavy atom. The van der Waals surface area contributed by atoms with Crippen LogP contribution in [0.3, 0.4) is 0 Å². The summed E-state index contributed by atoms with van der Waals surface area (Å²) in [6.45, 7) is 12.2. The highest BCUT2D eigenvalue weighted by Crippen LogP contribution is 2.17. The second-order valence-electron chi connectivity index (χ2n) is 4.85. The number of para-hydroxylation sites is 2. The maximum Gasteiger partial charge on any atom is 0.0890 e. The first-order chi connectivity index (χ1) is 11.2. The monoisotopic (exact) mass is 308 g/mol. The van der Waals surface area contributed by atoms with Crippen LogP contribution in [0.5, 0.6) is 0 Å². The van der Waals surface area contributed by atoms with Crippen LogP contribution in [-0.2, 0) is 6.42 Å². The number of aromatic nitrogens is 2. The Morgan fingerprint density at radius 3 is 1.83 bits per heavy atom. The predicted molar refractivity (Wildman–Crippen MR) is 101 cm³/mol. The molecule has 0 unspecified atom stereocenters. The highest BCUT2D eigenvalue weighted by atomic mass is 14.8. The van der Waals surface area contributed by atoms with Crippen LogP contribution in [0.2, 0.25) is 0 Å². The van der Waals surface area contributed by atoms with Gasteiger partial charge in [-0.3, -0.25) is 0 Å². The van der Waals surface area contributed by atoms with Gasteiger partial charge in [-0.05, 0) is 37.1 Å². The average Bonchev–Trinajstić information content (AvgIpc) is 2.61. The fourth-order valence-electron chi connectivity index (χ4n) is 2.28. The molecular formula is C21H28N2. The Kier molecular flexibility index (Phi) is 7.96. The van der Waals surface area contributed by atoms with E-state index in [0.717, 1.165) is 28.8 Å². The third kappa shape index (κ3) is 4.88. The van der Waals surface area contributed by atoms with Crippen molar-refractivity contribution in [3.8, 4) is 0 Å². The molecule has 0 aliphatic heterocycles. The molecule has 3 rings (SSSR count). The molecule has 0 radical (unpaired) electrons. The van der Waals surface area contributed by atoms with E-state index in [0.29, 0.717) is 0 Å². The molecule has 3 aromatic rings. The van der Waals surface area contributed by atoms with Crippen molar-refractivity contribution in [2.45, 2.75) is 48.0 Å². The number of hydrogen-bond donors (Lipinski definition) is 0. The maximum absolute atomic E-state index is 4.75. The van der Waals surface area contributed by atoms with Crippen molar-refractivity contribution in [3.63, 3.8) is 0 Å². The quantitative estimate of drug-likeness (QED) is 0.590. The molecule has 0 atom stereocenters. The fourth-order valence-corrected chi connectivity index (χ4v) is 2.28. The number of nitrogens with zero attached hydrogens (tertiary/aromatic N) is 2. The maximum atomic E-state index is 4.75. The van der Waals surface area contributed by atoms with Gasteiger partial charge in [-0.15, -0.1) is 0 Å². The van der Waals surface area contributed by atoms with Gasteiger partial charge >= 0.3 is 0 Å². The van der Waals surface area contributed by atoms with Gasteiger partial charge in [0.05, 0.1) is 22.4 Å². The lowest BCUT2D eigenvalue weighted by molar-refractivity contribution is 1.01. The molecule has 0 aliphatic carbocycles. The van der Waals surface area contributed by atoms with Gasteiger partial charge in [0.1, 0.15) is 0 Å². The molecule has 122 valence electrons. The number of hydrogen-bond acceptors (Lipinski definition) is 2. The lowest BCUT2D eigenvalue weighted by Gasteiger charge is -2.08. The molecular weight excluding hydrogens is 280 g/mol. The minimum Gasteiger partial charge on any atom is -0.250 e. The van der Waals surface area contributed by atoms with Crippen molar-refractivity contribution in [2.24, 2.45) is 0 Å². The SMILES string of the molecule is CC.CC.Cc1ccccc1Cc1nc2ccccc2nc1C. The smallest absolute Gasteiger partial charge is 0.0890 e. The third-order valence-electron chi connectivity index (χ3n) is 3.46. The van der Waals surface area contributed by atoms with Crippen LogP contribution in [0.1, 0.15) is 50.2 Å². The molecule has 0 aliphatic rings. The van der Waals surface area contributed by atoms with Gasteiger partial charge < -0.3 is 0 Å². The Labute approximate surface area is 140 Å². The number of rotatable bonds is 2. The van der Waals surface area contributed by atoms with Crippen LogP contribution < -0.4 is 0 Å². The first kappa shape index (κ1) is 18.8. The Morgan fingerprint density at radius 2 is 1.22 bits per heavy atom. The van der Waals surface area contributed by atoms with Crippen molar-refractivity contribution in [1.29, 1.82) is 0 Å². The van der Waals surface area contributed by atoms with Crippen LogP contribution in [0.25, 0.3) is 11.0 Å². The van der Waals surface area contributed by atoms with E-state index in [9.17, 15) is 0 Å². The van der Waals surface area contributed by atoms with Crippen molar-refractivity contribution in [2.75, 3.05) is 0 Å². The van der Waals surface area contributed by atoms with Gasteiger partial charge in [0, 0.05) is 6.42 Å². The molecule has 1 aromatic heterocycles. The standard InChI is InChI=1S/C17H16N2.2C2H6/c1-12-7-3-4-8-14(12)11-17-13(2)18-15-9-5-6-10-16(15)19-17;2*1-2/h3-10H,11H2,1-2H3;2*1-2H3. The van der Waals surface area contributed by atoms with Gasteiger partial charge in [-0.25, -0.2) is 9.97 Å². The van der Waals surface area contributed by atoms with Gasteiger partial charge in [0.25, 0.3) is 0 Å². The van der Waals surface area contributed by atoms with E-state index in [1.807, 2.05) is 58.9 Å². The molecule has 0 amide bonds. The second-order valence-corrected chi connectivity index (χ2v) is 4.85. The molecule has 0 N–H and O–H groups in total. The predicted octanol–water partition coefficient (Wildman–Crippen LogP) is 5.89. The Hall–Kier alpha value is -2.22. The second kappa shape index (κ2) is 9.73. The summed E-state index contributed by atoms with van der Waals surface area (Å²) < 4.78 is 0. The minimum absolute atomic E-state index is 0.844. The van der Waals surface area contributed by atoms with Crippen LogP contribution in [0.15, 0.2) is 48.5 Å². The van der Waals surface area contributed by atoms with Crippen molar-refractivity contribution in [1.82, 2.24) is 9.97 Å². The minimum atomic E-state index is 0.844. The number of aryl methyl sites for hydroxylation is 2. The summed E-state index contributed by atoms with van der Waals surface area (Å²) in [5.74, 6) is 0. The molecule has 2 aromatic carbocycles. The summed E-state index contributed by atoms with van der Waals surface area (Å²) in [7, 11) is 0. The van der Waals surface area contributed by atoms with Gasteiger partial charge in [-0.2, -0.15) is 0 Å². The lowest BCUT2D eigenvalue weighted by atomic mass is 10.0. The van der Waals surface area contributed by atoms with Crippen LogP contribution >= 0.6 is 0 Å². The Bertz CT molecular complexity index is 733. The summed E-state index contributed by atoms with van der Waals surface area (Å²) in [6.07, 6.45) is 0.844. The van der Waals surface area contributed by atoms with E-state index in [1.165, 1.54) is 11.1 Å². The van der Waals surface area contributed by atoms with E-state index >= 15 is 0 Å². The lowest BCUT2D eigenvalue weighted by Crippen LogP contribution is -2.01. The average molecular weight is 308 g/mol. The number of fused-ring (bicyclic) bond motifs is 1. The number of benzene rings is 2. The fraction of sp³-hybridized carbons (Fsp3) is 0.333. The zero-order valence-electron chi connectivity index (χ0n) is 15.2. The molecule has 0 saturated carbocycles. The van der Waals surface area contributed by atoms with Gasteiger partial charge in [0.2, 0.25) is 0 Å². The van der Waals surface area contributed by atoms with Crippen LogP contribution in [0.4, 0.5) is 0 Å². The summed E-state index contributed by atoms with van der Waals surface area (Å²) in [6, 6.07) is 16.5. The zero-order valence-corrected chi connectivity index (χ0v) is 15.2. The topological polar surface area (TPSA) is 25.8 Å². The third-order valence-corrected chi connectivity index (χ3v) is 3.46. The molecule has 2 nitrogen and oxygen atoms in total. The van der Waals surface area contributed by atoms with Crippen molar-refractivity contribution < 1.29 is 0 Å². The summed E-state index contributed by atoms with van der Waals surface area (Å²) in [5.41, 5.74) is 6.63. The molecule has 0 spiro atoms. The molecule has 0 fully saturated rings. The summed E-state index contributed by atoms with van der Waals surface area (Å²) >= 11 is 0. The van der Waals surface area contributed by atoms with Gasteiger partial charge in [0.15, 0.2) is 0 Å². The van der Waals surface area contributed by atoms with Crippen LogP contribution in [0, 0.1) is 13.8 Å². The highest BCUT2D eigenvalue weighted by molar-refractivity contribution is 5.74. The van der Waals surface area contributed by atoms with Crippen molar-refractivity contribution in [3.05, 3.63) is 71.0 Å². The van der Waals surface area contributed by atoms with Gasteiger partial charge in [-0.1, -0.05) is 64.1 Å². The van der Waals surface area contributed by atoms with E-state index in [1.54, 1.807) is 0 Å². The van der Waals surface area contributed by atoms with E-state index in [4.69, 9.17) is 4.98 Å². The zero-order chi connectivity index (χ0) is 17.2. The molecule has 23 heavy (non-hydrogen) atoms. The van der Waals surface area contributed by atoms with E-state index in [2.05, 4.69) is 36.2 Å². The summed E-state index contributed by atoms with van der Waals surface area (Å²) in [5, 5.41) is 0. The highest BCUT2D eigenvalue weighted by Gasteiger charge is 2.07. The summed E-state index contributed by atoms with van der Waals surface area (Å²) in [4.78, 5) is 9.39. The molecule has 2 heteroatoms.